The van der Waals surface area contributed by atoms with E-state index in [9.17, 15) is 22.4 Å². The second-order valence-electron chi connectivity index (χ2n) is 7.09. The van der Waals surface area contributed by atoms with Crippen molar-refractivity contribution in [1.29, 1.82) is 0 Å². The van der Waals surface area contributed by atoms with Gasteiger partial charge in [-0.25, -0.2) is 14.4 Å². The second kappa shape index (κ2) is 8.29. The van der Waals surface area contributed by atoms with Gasteiger partial charge in [0.2, 0.25) is 0 Å². The Kier molecular flexibility index (Phi) is 5.52. The summed E-state index contributed by atoms with van der Waals surface area (Å²) in [5.74, 6) is -1.46. The molecule has 10 heteroatoms. The number of rotatable bonds is 5. The molecule has 4 aromatic rings. The van der Waals surface area contributed by atoms with Crippen LogP contribution < -0.4 is 10.6 Å². The molecule has 3 aromatic heterocycles. The number of halogens is 4. The number of aromatic amines is 1. The first-order chi connectivity index (χ1) is 15.2. The molecule has 32 heavy (non-hydrogen) atoms. The number of nitrogens with one attached hydrogen (secondary N) is 3. The van der Waals surface area contributed by atoms with Crippen molar-refractivity contribution in [2.45, 2.75) is 19.6 Å². The summed E-state index contributed by atoms with van der Waals surface area (Å²) in [5, 5.41) is 6.25. The highest BCUT2D eigenvalue weighted by atomic mass is 19.4. The predicted octanol–water partition coefficient (Wildman–Crippen LogP) is 5.29. The van der Waals surface area contributed by atoms with Gasteiger partial charge in [0.15, 0.2) is 0 Å². The Labute approximate surface area is 179 Å². The highest BCUT2D eigenvalue weighted by Gasteiger charge is 2.32. The first-order valence-corrected chi connectivity index (χ1v) is 9.52. The average Bonchev–Trinajstić information content (AvgIpc) is 3.23. The van der Waals surface area contributed by atoms with E-state index in [1.54, 1.807) is 18.5 Å². The molecule has 0 radical (unpaired) electrons. The number of alkyl halides is 3. The number of anilines is 2. The monoisotopic (exact) mass is 443 g/mol. The maximum absolute atomic E-state index is 13.8. The van der Waals surface area contributed by atoms with Crippen LogP contribution in [0.1, 0.15) is 27.0 Å². The average molecular weight is 443 g/mol. The van der Waals surface area contributed by atoms with E-state index in [1.807, 2.05) is 6.07 Å². The fourth-order valence-electron chi connectivity index (χ4n) is 3.31. The number of aryl methyl sites for hydroxylation is 1. The van der Waals surface area contributed by atoms with Crippen molar-refractivity contribution in [3.63, 3.8) is 0 Å². The smallest absolute Gasteiger partial charge is 0.365 e. The van der Waals surface area contributed by atoms with Crippen molar-refractivity contribution < 1.29 is 22.4 Å². The van der Waals surface area contributed by atoms with Crippen molar-refractivity contribution in [2.24, 2.45) is 0 Å². The summed E-state index contributed by atoms with van der Waals surface area (Å²) in [5.41, 5.74) is 0.513. The number of benzene rings is 1. The Hall–Kier alpha value is -3.95. The highest BCUT2D eigenvalue weighted by Crippen LogP contribution is 2.33. The fourth-order valence-corrected chi connectivity index (χ4v) is 3.31. The van der Waals surface area contributed by atoms with Crippen molar-refractivity contribution in [2.75, 3.05) is 10.6 Å². The van der Waals surface area contributed by atoms with E-state index in [0.29, 0.717) is 5.65 Å². The third-order valence-electron chi connectivity index (χ3n) is 4.90. The number of fused-ring (bicyclic) bond motifs is 1. The molecule has 0 saturated heterocycles. The summed E-state index contributed by atoms with van der Waals surface area (Å²) in [6, 6.07) is 8.06. The molecule has 164 valence electrons. The number of nitrogens with zero attached hydrogens (tertiary/aromatic N) is 2. The van der Waals surface area contributed by atoms with Crippen molar-refractivity contribution in [3.05, 3.63) is 83.1 Å². The number of aromatic nitrogens is 3. The van der Waals surface area contributed by atoms with Gasteiger partial charge in [-0.15, -0.1) is 0 Å². The van der Waals surface area contributed by atoms with E-state index in [1.165, 1.54) is 19.1 Å². The maximum atomic E-state index is 13.8. The molecule has 0 aliphatic heterocycles. The van der Waals surface area contributed by atoms with E-state index in [4.69, 9.17) is 0 Å². The Balaban J connectivity index is 1.58. The molecule has 0 spiro atoms. The number of H-pyrrole nitrogens is 1. The minimum Gasteiger partial charge on any atom is -0.365 e. The molecule has 0 bridgehead atoms. The number of pyridine rings is 2. The number of hydrogen-bond acceptors (Lipinski definition) is 4. The van der Waals surface area contributed by atoms with Crippen LogP contribution in [0.4, 0.5) is 29.1 Å². The lowest BCUT2D eigenvalue weighted by Crippen LogP contribution is -2.17. The van der Waals surface area contributed by atoms with Gasteiger partial charge in [0.1, 0.15) is 17.3 Å². The lowest BCUT2D eigenvalue weighted by Gasteiger charge is -2.14. The van der Waals surface area contributed by atoms with Crippen LogP contribution in [-0.2, 0) is 12.7 Å². The molecule has 0 fully saturated rings. The maximum Gasteiger partial charge on any atom is 0.416 e. The van der Waals surface area contributed by atoms with Crippen molar-refractivity contribution in [1.82, 2.24) is 15.0 Å². The SMILES string of the molecule is Cc1ccc(NC(=O)c2cc(F)cnc2NCc2ccnc3[nH]ccc23)cc1C(F)(F)F. The quantitative estimate of drug-likeness (QED) is 0.366. The van der Waals surface area contributed by atoms with Crippen LogP contribution in [0.25, 0.3) is 11.0 Å². The molecule has 6 nitrogen and oxygen atoms in total. The van der Waals surface area contributed by atoms with Crippen molar-refractivity contribution >= 4 is 28.4 Å². The van der Waals surface area contributed by atoms with Crippen LogP contribution in [0, 0.1) is 12.7 Å². The van der Waals surface area contributed by atoms with E-state index in [2.05, 4.69) is 25.6 Å². The van der Waals surface area contributed by atoms with Crippen LogP contribution in [-0.4, -0.2) is 20.9 Å². The first kappa shape index (κ1) is 21.3. The molecular formula is C22H17F4N5O. The number of hydrogen-bond donors (Lipinski definition) is 3. The van der Waals surface area contributed by atoms with Gasteiger partial charge in [-0.05, 0) is 48.4 Å². The molecule has 0 unspecified atom stereocenters. The lowest BCUT2D eigenvalue weighted by molar-refractivity contribution is -0.138. The molecular weight excluding hydrogens is 426 g/mol. The molecule has 0 aliphatic carbocycles. The molecule has 1 amide bonds. The number of amides is 1. The van der Waals surface area contributed by atoms with E-state index < -0.39 is 23.5 Å². The van der Waals surface area contributed by atoms with Crippen molar-refractivity contribution in [3.8, 4) is 0 Å². The summed E-state index contributed by atoms with van der Waals surface area (Å²) in [6.45, 7) is 1.59. The van der Waals surface area contributed by atoms with Gasteiger partial charge in [0.05, 0.1) is 17.3 Å². The van der Waals surface area contributed by atoms with Gasteiger partial charge in [-0.3, -0.25) is 4.79 Å². The normalized spacial score (nSPS) is 11.5. The van der Waals surface area contributed by atoms with E-state index >= 15 is 0 Å². The zero-order chi connectivity index (χ0) is 22.9. The molecule has 0 atom stereocenters. The summed E-state index contributed by atoms with van der Waals surface area (Å²) < 4.78 is 53.3. The summed E-state index contributed by atoms with van der Waals surface area (Å²) in [7, 11) is 0. The Bertz CT molecular complexity index is 1300. The number of carbonyl (C=O) groups is 1. The topological polar surface area (TPSA) is 82.7 Å². The largest absolute Gasteiger partial charge is 0.416 e. The standard InChI is InChI=1S/C22H17F4N5O/c1-12-2-3-15(9-18(12)22(24,25)26)31-21(32)17-8-14(23)11-30-20(17)29-10-13-4-6-27-19-16(13)5-7-28-19/h2-9,11H,10H2,1H3,(H,27,28)(H,29,30)(H,31,32). The van der Waals surface area contributed by atoms with Crippen LogP contribution in [0.5, 0.6) is 0 Å². The van der Waals surface area contributed by atoms with Gasteiger partial charge >= 0.3 is 6.18 Å². The van der Waals surface area contributed by atoms with E-state index in [-0.39, 0.29) is 29.2 Å². The van der Waals surface area contributed by atoms with Crippen LogP contribution in [0.2, 0.25) is 0 Å². The Morgan fingerprint density at radius 1 is 1.12 bits per heavy atom. The van der Waals surface area contributed by atoms with Gasteiger partial charge in [0.25, 0.3) is 5.91 Å². The molecule has 0 saturated carbocycles. The zero-order valence-electron chi connectivity index (χ0n) is 16.7. The molecule has 1 aromatic carbocycles. The van der Waals surface area contributed by atoms with Crippen LogP contribution in [0.3, 0.4) is 0 Å². The summed E-state index contributed by atoms with van der Waals surface area (Å²) in [4.78, 5) is 23.9. The zero-order valence-corrected chi connectivity index (χ0v) is 16.7. The highest BCUT2D eigenvalue weighted by molar-refractivity contribution is 6.07. The lowest BCUT2D eigenvalue weighted by atomic mass is 10.1. The molecule has 3 heterocycles. The Morgan fingerprint density at radius 3 is 2.72 bits per heavy atom. The third-order valence-corrected chi connectivity index (χ3v) is 4.90. The van der Waals surface area contributed by atoms with Crippen LogP contribution in [0.15, 0.2) is 55.0 Å². The Morgan fingerprint density at radius 2 is 1.94 bits per heavy atom. The second-order valence-corrected chi connectivity index (χ2v) is 7.09. The van der Waals surface area contributed by atoms with Crippen LogP contribution >= 0.6 is 0 Å². The van der Waals surface area contributed by atoms with Gasteiger partial charge in [-0.2, -0.15) is 13.2 Å². The minimum atomic E-state index is -4.56. The van der Waals surface area contributed by atoms with Gasteiger partial charge < -0.3 is 15.6 Å². The molecule has 0 aliphatic rings. The third kappa shape index (κ3) is 4.39. The number of carbonyl (C=O) groups excluding carboxylic acids is 1. The summed E-state index contributed by atoms with van der Waals surface area (Å²) >= 11 is 0. The molecule has 4 rings (SSSR count). The van der Waals surface area contributed by atoms with E-state index in [0.717, 1.165) is 29.3 Å². The minimum absolute atomic E-state index is 0.0266. The van der Waals surface area contributed by atoms with Gasteiger partial charge in [-0.1, -0.05) is 6.07 Å². The molecule has 3 N–H and O–H groups in total. The first-order valence-electron chi connectivity index (χ1n) is 9.52. The predicted molar refractivity (Wildman–Crippen MR) is 112 cm³/mol. The fraction of sp³-hybridized carbons (Fsp3) is 0.136. The summed E-state index contributed by atoms with van der Waals surface area (Å²) in [6.07, 6.45) is -0.249. The van der Waals surface area contributed by atoms with Gasteiger partial charge in [0, 0.05) is 30.0 Å².